The Morgan fingerprint density at radius 2 is 1.92 bits per heavy atom. The minimum atomic E-state index is -0.492. The first-order valence-corrected chi connectivity index (χ1v) is 7.80. The zero-order valence-electron chi connectivity index (χ0n) is 14.1. The third-order valence-corrected chi connectivity index (χ3v) is 3.70. The van der Waals surface area contributed by atoms with Crippen LogP contribution in [0, 0.1) is 12.3 Å². The maximum atomic E-state index is 12.6. The van der Waals surface area contributed by atoms with Gasteiger partial charge in [-0.2, -0.15) is 0 Å². The zero-order valence-corrected chi connectivity index (χ0v) is 14.1. The number of carbonyl (C=O) groups excluding carboxylic acids is 2. The van der Waals surface area contributed by atoms with E-state index in [2.05, 4.69) is 11.2 Å². The summed E-state index contributed by atoms with van der Waals surface area (Å²) in [5.74, 6) is 2.94. The quantitative estimate of drug-likeness (QED) is 0.513. The number of hydrogen-bond donors (Lipinski definition) is 1. The predicted molar refractivity (Wildman–Crippen MR) is 97.8 cm³/mol. The molecule has 130 valence electrons. The van der Waals surface area contributed by atoms with E-state index in [0.29, 0.717) is 22.7 Å². The number of carbonyl (C=O) groups is 2. The third kappa shape index (κ3) is 3.37. The maximum absolute atomic E-state index is 12.6. The molecule has 6 heteroatoms. The van der Waals surface area contributed by atoms with Crippen molar-refractivity contribution in [2.75, 3.05) is 18.6 Å². The summed E-state index contributed by atoms with van der Waals surface area (Å²) in [6.45, 7) is 0.122. The summed E-state index contributed by atoms with van der Waals surface area (Å²) < 4.78 is 10.7. The zero-order chi connectivity index (χ0) is 18.5. The van der Waals surface area contributed by atoms with Crippen molar-refractivity contribution in [3.05, 3.63) is 59.8 Å². The number of anilines is 1. The molecule has 1 heterocycles. The Hall–Kier alpha value is -3.72. The van der Waals surface area contributed by atoms with Crippen LogP contribution in [0.15, 0.2) is 54.2 Å². The van der Waals surface area contributed by atoms with Crippen LogP contribution in [0.3, 0.4) is 0 Å². The largest absolute Gasteiger partial charge is 0.493 e. The highest BCUT2D eigenvalue weighted by Gasteiger charge is 2.34. The number of rotatable bonds is 5. The second-order valence-electron chi connectivity index (χ2n) is 5.37. The number of methoxy groups -OCH3 is 1. The van der Waals surface area contributed by atoms with Crippen LogP contribution >= 0.6 is 0 Å². The van der Waals surface area contributed by atoms with Crippen LogP contribution in [0.25, 0.3) is 6.08 Å². The number of benzene rings is 2. The van der Waals surface area contributed by atoms with Gasteiger partial charge in [-0.15, -0.1) is 6.42 Å². The summed E-state index contributed by atoms with van der Waals surface area (Å²) in [6.07, 6.45) is 6.77. The van der Waals surface area contributed by atoms with Crippen molar-refractivity contribution >= 4 is 23.7 Å². The maximum Gasteiger partial charge on any atom is 0.333 e. The first-order chi connectivity index (χ1) is 12.6. The van der Waals surface area contributed by atoms with Crippen molar-refractivity contribution in [2.24, 2.45) is 0 Å². The molecule has 0 aromatic heterocycles. The standard InChI is InChI=1S/C20H16N2O4/c1-3-11-26-17-10-9-14(13-18(17)25-2)12-16-19(23)22(20(24)21-16)15-7-5-4-6-8-15/h1,4-10,12-13H,11H2,2H3,(H,21,24)/b16-12-. The fourth-order valence-electron chi connectivity index (χ4n) is 2.53. The Morgan fingerprint density at radius 1 is 1.15 bits per heavy atom. The van der Waals surface area contributed by atoms with E-state index in [1.54, 1.807) is 48.5 Å². The second-order valence-corrected chi connectivity index (χ2v) is 5.37. The van der Waals surface area contributed by atoms with Crippen LogP contribution in [0.1, 0.15) is 5.56 Å². The highest BCUT2D eigenvalue weighted by molar-refractivity contribution is 6.28. The lowest BCUT2D eigenvalue weighted by atomic mass is 10.1. The number of urea groups is 1. The highest BCUT2D eigenvalue weighted by Crippen LogP contribution is 2.29. The van der Waals surface area contributed by atoms with Gasteiger partial charge < -0.3 is 14.8 Å². The molecule has 0 atom stereocenters. The van der Waals surface area contributed by atoms with Crippen LogP contribution < -0.4 is 19.7 Å². The van der Waals surface area contributed by atoms with E-state index in [1.165, 1.54) is 7.11 Å². The van der Waals surface area contributed by atoms with Gasteiger partial charge >= 0.3 is 6.03 Å². The Balaban J connectivity index is 1.88. The monoisotopic (exact) mass is 348 g/mol. The van der Waals surface area contributed by atoms with Gasteiger partial charge in [0.05, 0.1) is 12.8 Å². The Bertz CT molecular complexity index is 913. The lowest BCUT2D eigenvalue weighted by molar-refractivity contribution is -0.113. The number of imide groups is 1. The summed E-state index contributed by atoms with van der Waals surface area (Å²) in [6, 6.07) is 13.4. The van der Waals surface area contributed by atoms with Gasteiger partial charge in [-0.1, -0.05) is 30.2 Å². The summed E-state index contributed by atoms with van der Waals surface area (Å²) in [7, 11) is 1.51. The normalized spacial score (nSPS) is 14.9. The predicted octanol–water partition coefficient (Wildman–Crippen LogP) is 2.80. The van der Waals surface area contributed by atoms with Gasteiger partial charge in [-0.3, -0.25) is 4.79 Å². The Kier molecular flexibility index (Phi) is 4.90. The van der Waals surface area contributed by atoms with E-state index in [0.717, 1.165) is 4.90 Å². The van der Waals surface area contributed by atoms with Crippen LogP contribution in [-0.4, -0.2) is 25.7 Å². The molecule has 0 radical (unpaired) electrons. The average molecular weight is 348 g/mol. The average Bonchev–Trinajstić information content (AvgIpc) is 2.94. The lowest BCUT2D eigenvalue weighted by Gasteiger charge is -2.11. The molecule has 1 N–H and O–H groups in total. The van der Waals surface area contributed by atoms with Crippen LogP contribution in [0.2, 0.25) is 0 Å². The molecule has 2 aromatic carbocycles. The molecule has 6 nitrogen and oxygen atoms in total. The van der Waals surface area contributed by atoms with E-state index in [-0.39, 0.29) is 12.3 Å². The molecule has 0 spiro atoms. The lowest BCUT2D eigenvalue weighted by Crippen LogP contribution is -2.30. The number of terminal acetylenes is 1. The molecule has 0 aliphatic carbocycles. The van der Waals surface area contributed by atoms with Gasteiger partial charge in [0.1, 0.15) is 12.3 Å². The van der Waals surface area contributed by atoms with Crippen LogP contribution in [-0.2, 0) is 4.79 Å². The Labute approximate surface area is 151 Å². The second kappa shape index (κ2) is 7.45. The van der Waals surface area contributed by atoms with Crippen LogP contribution in [0.4, 0.5) is 10.5 Å². The minimum absolute atomic E-state index is 0.122. The summed E-state index contributed by atoms with van der Waals surface area (Å²) in [4.78, 5) is 25.8. The van der Waals surface area contributed by atoms with Crippen LogP contribution in [0.5, 0.6) is 11.5 Å². The van der Waals surface area contributed by atoms with Gasteiger partial charge in [-0.05, 0) is 35.9 Å². The van der Waals surface area contributed by atoms with Gasteiger partial charge in [0.2, 0.25) is 0 Å². The molecule has 1 aliphatic heterocycles. The molecule has 3 amide bonds. The number of ether oxygens (including phenoxy) is 2. The molecule has 0 saturated carbocycles. The van der Waals surface area contributed by atoms with E-state index in [9.17, 15) is 9.59 Å². The summed E-state index contributed by atoms with van der Waals surface area (Å²) in [5.41, 5.74) is 1.36. The van der Waals surface area contributed by atoms with E-state index >= 15 is 0 Å². The molecule has 0 bridgehead atoms. The smallest absolute Gasteiger partial charge is 0.333 e. The van der Waals surface area contributed by atoms with Crippen molar-refractivity contribution in [3.8, 4) is 23.8 Å². The van der Waals surface area contributed by atoms with Crippen molar-refractivity contribution < 1.29 is 19.1 Å². The fourth-order valence-corrected chi connectivity index (χ4v) is 2.53. The van der Waals surface area contributed by atoms with Crippen molar-refractivity contribution in [3.63, 3.8) is 0 Å². The van der Waals surface area contributed by atoms with Gasteiger partial charge in [0.25, 0.3) is 5.91 Å². The first-order valence-electron chi connectivity index (χ1n) is 7.80. The molecule has 1 saturated heterocycles. The summed E-state index contributed by atoms with van der Waals surface area (Å²) >= 11 is 0. The highest BCUT2D eigenvalue weighted by atomic mass is 16.5. The van der Waals surface area contributed by atoms with E-state index in [4.69, 9.17) is 15.9 Å². The Morgan fingerprint density at radius 3 is 2.62 bits per heavy atom. The molecule has 2 aromatic rings. The molecule has 3 rings (SSSR count). The molecule has 1 fully saturated rings. The van der Waals surface area contributed by atoms with Gasteiger partial charge in [-0.25, -0.2) is 9.69 Å². The molecular formula is C20H16N2O4. The van der Waals surface area contributed by atoms with Gasteiger partial charge in [0.15, 0.2) is 11.5 Å². The van der Waals surface area contributed by atoms with E-state index in [1.807, 2.05) is 6.07 Å². The van der Waals surface area contributed by atoms with Crippen molar-refractivity contribution in [1.82, 2.24) is 5.32 Å². The number of para-hydroxylation sites is 1. The van der Waals surface area contributed by atoms with Crippen molar-refractivity contribution in [1.29, 1.82) is 0 Å². The molecule has 0 unspecified atom stereocenters. The third-order valence-electron chi connectivity index (χ3n) is 3.70. The summed E-state index contributed by atoms with van der Waals surface area (Å²) in [5, 5.41) is 2.59. The molecular weight excluding hydrogens is 332 g/mol. The number of nitrogens with zero attached hydrogens (tertiary/aromatic N) is 1. The minimum Gasteiger partial charge on any atom is -0.493 e. The first kappa shape index (κ1) is 17.1. The van der Waals surface area contributed by atoms with E-state index < -0.39 is 11.9 Å². The SMILES string of the molecule is C#CCOc1ccc(/C=C2\NC(=O)N(c3ccccc3)C2=O)cc1OC. The number of nitrogens with one attached hydrogen (secondary N) is 1. The molecule has 26 heavy (non-hydrogen) atoms. The molecule has 1 aliphatic rings. The number of amides is 3. The van der Waals surface area contributed by atoms with Crippen molar-refractivity contribution in [2.45, 2.75) is 0 Å². The fraction of sp³-hybridized carbons (Fsp3) is 0.100. The number of hydrogen-bond acceptors (Lipinski definition) is 4. The van der Waals surface area contributed by atoms with Gasteiger partial charge in [0, 0.05) is 0 Å². The topological polar surface area (TPSA) is 67.9 Å².